The molecule has 0 aliphatic rings. The molecule has 0 aliphatic heterocycles. The quantitative estimate of drug-likeness (QED) is 0.881. The molecular weight excluding hydrogens is 262 g/mol. The van der Waals surface area contributed by atoms with Crippen molar-refractivity contribution < 1.29 is 12.9 Å². The zero-order valence-electron chi connectivity index (χ0n) is 9.03. The van der Waals surface area contributed by atoms with Crippen LogP contribution in [0.5, 0.6) is 0 Å². The average molecular weight is 273 g/mol. The van der Waals surface area contributed by atoms with Gasteiger partial charge in [0.15, 0.2) is 15.7 Å². The van der Waals surface area contributed by atoms with E-state index < -0.39 is 15.9 Å². The lowest BCUT2D eigenvalue weighted by Gasteiger charge is -2.01. The van der Waals surface area contributed by atoms with Crippen LogP contribution in [0.4, 0.5) is 0 Å². The summed E-state index contributed by atoms with van der Waals surface area (Å²) in [5, 5.41) is 5.48. The second-order valence-electron chi connectivity index (χ2n) is 3.61. The van der Waals surface area contributed by atoms with Crippen molar-refractivity contribution in [3.63, 3.8) is 0 Å². The van der Waals surface area contributed by atoms with Gasteiger partial charge >= 0.3 is 0 Å². The molecule has 1 unspecified atom stereocenters. The predicted molar refractivity (Wildman–Crippen MR) is 63.2 cm³/mol. The number of hydrogen-bond donors (Lipinski definition) is 1. The number of nitrogens with zero attached hydrogens (tertiary/aromatic N) is 2. The van der Waals surface area contributed by atoms with Gasteiger partial charge in [-0.15, -0.1) is 11.3 Å². The molecule has 0 spiro atoms. The fourth-order valence-corrected chi connectivity index (χ4v) is 2.58. The van der Waals surface area contributed by atoms with E-state index in [1.807, 2.05) is 17.5 Å². The zero-order valence-corrected chi connectivity index (χ0v) is 10.7. The SMILES string of the molecule is CS(=O)(=O)Cc1noc(C(N)c2cccs2)n1. The molecule has 2 rings (SSSR count). The van der Waals surface area contributed by atoms with E-state index in [2.05, 4.69) is 10.1 Å². The van der Waals surface area contributed by atoms with Crippen LogP contribution in [0.2, 0.25) is 0 Å². The zero-order chi connectivity index (χ0) is 12.5. The number of sulfone groups is 1. The van der Waals surface area contributed by atoms with Crippen molar-refractivity contribution in [2.24, 2.45) is 5.73 Å². The van der Waals surface area contributed by atoms with Crippen LogP contribution < -0.4 is 5.73 Å². The maximum Gasteiger partial charge on any atom is 0.249 e. The molecule has 2 aromatic rings. The van der Waals surface area contributed by atoms with Gasteiger partial charge in [0, 0.05) is 11.1 Å². The Morgan fingerprint density at radius 2 is 2.35 bits per heavy atom. The van der Waals surface area contributed by atoms with Crippen LogP contribution in [0, 0.1) is 0 Å². The fourth-order valence-electron chi connectivity index (χ4n) is 1.28. The van der Waals surface area contributed by atoms with Crippen molar-refractivity contribution in [3.05, 3.63) is 34.1 Å². The first kappa shape index (κ1) is 12.2. The normalized spacial score (nSPS) is 13.8. The van der Waals surface area contributed by atoms with E-state index in [-0.39, 0.29) is 17.5 Å². The van der Waals surface area contributed by atoms with Crippen LogP contribution in [0.25, 0.3) is 0 Å². The monoisotopic (exact) mass is 273 g/mol. The van der Waals surface area contributed by atoms with Crippen molar-refractivity contribution in [1.82, 2.24) is 10.1 Å². The van der Waals surface area contributed by atoms with Crippen LogP contribution in [-0.4, -0.2) is 24.8 Å². The van der Waals surface area contributed by atoms with Crippen molar-refractivity contribution >= 4 is 21.2 Å². The Morgan fingerprint density at radius 1 is 1.59 bits per heavy atom. The number of nitrogens with two attached hydrogens (primary N) is 1. The number of hydrogen-bond acceptors (Lipinski definition) is 7. The minimum absolute atomic E-state index is 0.134. The summed E-state index contributed by atoms with van der Waals surface area (Å²) < 4.78 is 27.1. The molecule has 6 nitrogen and oxygen atoms in total. The molecule has 2 aromatic heterocycles. The Bertz CT molecular complexity index is 589. The minimum atomic E-state index is -3.17. The number of rotatable bonds is 4. The maximum absolute atomic E-state index is 11.1. The smallest absolute Gasteiger partial charge is 0.249 e. The van der Waals surface area contributed by atoms with E-state index in [1.165, 1.54) is 11.3 Å². The lowest BCUT2D eigenvalue weighted by molar-refractivity contribution is 0.364. The summed E-state index contributed by atoms with van der Waals surface area (Å²) in [6.07, 6.45) is 1.11. The molecule has 2 heterocycles. The van der Waals surface area contributed by atoms with Crippen molar-refractivity contribution in [1.29, 1.82) is 0 Å². The fraction of sp³-hybridized carbons (Fsp3) is 0.333. The number of aromatic nitrogens is 2. The molecule has 0 radical (unpaired) electrons. The van der Waals surface area contributed by atoms with Crippen molar-refractivity contribution in [2.75, 3.05) is 6.26 Å². The third kappa shape index (κ3) is 3.11. The minimum Gasteiger partial charge on any atom is -0.337 e. The maximum atomic E-state index is 11.1. The lowest BCUT2D eigenvalue weighted by atomic mass is 10.2. The summed E-state index contributed by atoms with van der Waals surface area (Å²) in [4.78, 5) is 4.86. The van der Waals surface area contributed by atoms with Gasteiger partial charge in [0.1, 0.15) is 11.8 Å². The highest BCUT2D eigenvalue weighted by Crippen LogP contribution is 2.22. The predicted octanol–water partition coefficient (Wildman–Crippen LogP) is 0.724. The van der Waals surface area contributed by atoms with Gasteiger partial charge in [-0.1, -0.05) is 11.2 Å². The molecule has 0 saturated carbocycles. The summed E-state index contributed by atoms with van der Waals surface area (Å²) in [6, 6.07) is 3.22. The van der Waals surface area contributed by atoms with Crippen LogP contribution in [-0.2, 0) is 15.6 Å². The van der Waals surface area contributed by atoms with Gasteiger partial charge in [0.2, 0.25) is 5.89 Å². The van der Waals surface area contributed by atoms with Gasteiger partial charge in [-0.25, -0.2) is 8.42 Å². The van der Waals surface area contributed by atoms with Crippen molar-refractivity contribution in [3.8, 4) is 0 Å². The summed E-state index contributed by atoms with van der Waals surface area (Å²) >= 11 is 1.48. The molecule has 8 heteroatoms. The van der Waals surface area contributed by atoms with E-state index in [9.17, 15) is 8.42 Å². The van der Waals surface area contributed by atoms with E-state index in [4.69, 9.17) is 10.3 Å². The molecular formula is C9H11N3O3S2. The van der Waals surface area contributed by atoms with Gasteiger partial charge < -0.3 is 10.3 Å². The summed E-state index contributed by atoms with van der Waals surface area (Å²) in [6.45, 7) is 0. The molecule has 1 atom stereocenters. The molecule has 0 bridgehead atoms. The Labute approximate surface area is 102 Å². The van der Waals surface area contributed by atoms with E-state index in [0.29, 0.717) is 0 Å². The highest BCUT2D eigenvalue weighted by Gasteiger charge is 2.19. The second kappa shape index (κ2) is 4.55. The van der Waals surface area contributed by atoms with E-state index in [0.717, 1.165) is 11.1 Å². The molecule has 0 saturated heterocycles. The second-order valence-corrected chi connectivity index (χ2v) is 6.73. The topological polar surface area (TPSA) is 99.1 Å². The Morgan fingerprint density at radius 3 is 2.94 bits per heavy atom. The number of thiophene rings is 1. The van der Waals surface area contributed by atoms with Gasteiger partial charge in [0.05, 0.1) is 0 Å². The molecule has 0 aliphatic carbocycles. The first-order valence-electron chi connectivity index (χ1n) is 4.75. The summed E-state index contributed by atoms with van der Waals surface area (Å²) in [5.74, 6) is 0.119. The first-order chi connectivity index (χ1) is 7.96. The van der Waals surface area contributed by atoms with E-state index >= 15 is 0 Å². The van der Waals surface area contributed by atoms with Gasteiger partial charge in [-0.2, -0.15) is 4.98 Å². The highest BCUT2D eigenvalue weighted by atomic mass is 32.2. The average Bonchev–Trinajstić information content (AvgIpc) is 2.83. The summed E-state index contributed by atoms with van der Waals surface area (Å²) in [7, 11) is -3.17. The van der Waals surface area contributed by atoms with E-state index in [1.54, 1.807) is 0 Å². The van der Waals surface area contributed by atoms with Crippen LogP contribution in [0.15, 0.2) is 22.0 Å². The molecule has 0 amide bonds. The van der Waals surface area contributed by atoms with Gasteiger partial charge in [0.25, 0.3) is 0 Å². The Kier molecular flexibility index (Phi) is 3.27. The largest absolute Gasteiger partial charge is 0.337 e. The van der Waals surface area contributed by atoms with Gasteiger partial charge in [-0.05, 0) is 11.4 Å². The standard InChI is InChI=1S/C9H11N3O3S2/c1-17(13,14)5-7-11-9(15-12-7)8(10)6-3-2-4-16-6/h2-4,8H,5,10H2,1H3. The Hall–Kier alpha value is -1.25. The molecule has 0 aromatic carbocycles. The Balaban J connectivity index is 2.19. The lowest BCUT2D eigenvalue weighted by Crippen LogP contribution is -2.11. The molecule has 17 heavy (non-hydrogen) atoms. The molecule has 0 fully saturated rings. The third-order valence-electron chi connectivity index (χ3n) is 1.99. The molecule has 92 valence electrons. The molecule has 2 N–H and O–H groups in total. The van der Waals surface area contributed by atoms with Gasteiger partial charge in [-0.3, -0.25) is 0 Å². The highest BCUT2D eigenvalue weighted by molar-refractivity contribution is 7.89. The first-order valence-corrected chi connectivity index (χ1v) is 7.69. The van der Waals surface area contributed by atoms with Crippen LogP contribution in [0.1, 0.15) is 22.6 Å². The van der Waals surface area contributed by atoms with Crippen LogP contribution in [0.3, 0.4) is 0 Å². The summed E-state index contributed by atoms with van der Waals surface area (Å²) in [5.41, 5.74) is 5.90. The third-order valence-corrected chi connectivity index (χ3v) is 3.73. The van der Waals surface area contributed by atoms with Crippen molar-refractivity contribution in [2.45, 2.75) is 11.8 Å². The van der Waals surface area contributed by atoms with Crippen LogP contribution >= 0.6 is 11.3 Å².